The molecule has 1 N–H and O–H groups in total. The third-order valence-electron chi connectivity index (χ3n) is 4.71. The molecule has 0 fully saturated rings. The summed E-state index contributed by atoms with van der Waals surface area (Å²) in [6, 6.07) is 26.8. The first-order chi connectivity index (χ1) is 12.3. The Morgan fingerprint density at radius 1 is 0.760 bits per heavy atom. The van der Waals surface area contributed by atoms with Crippen molar-refractivity contribution in [2.75, 3.05) is 5.32 Å². The Labute approximate surface area is 145 Å². The van der Waals surface area contributed by atoms with Gasteiger partial charge in [0.2, 0.25) is 11.1 Å². The van der Waals surface area contributed by atoms with Gasteiger partial charge in [-0.15, -0.1) is 0 Å². The molecule has 0 saturated heterocycles. The van der Waals surface area contributed by atoms with E-state index in [1.807, 2.05) is 30.3 Å². The van der Waals surface area contributed by atoms with Gasteiger partial charge in [-0.1, -0.05) is 42.5 Å². The zero-order valence-corrected chi connectivity index (χ0v) is 13.9. The second-order valence-corrected chi connectivity index (χ2v) is 6.22. The Balaban J connectivity index is 1.94. The smallest absolute Gasteiger partial charge is 0.261 e. The molecule has 3 heteroatoms. The van der Waals surface area contributed by atoms with Crippen LogP contribution in [0, 0.1) is 0 Å². The van der Waals surface area contributed by atoms with E-state index in [0.29, 0.717) is 0 Å². The molecule has 0 aliphatic carbocycles. The van der Waals surface area contributed by atoms with Crippen molar-refractivity contribution in [3.05, 3.63) is 78.9 Å². The Morgan fingerprint density at radius 3 is 2.28 bits per heavy atom. The molecule has 0 amide bonds. The van der Waals surface area contributed by atoms with Crippen LogP contribution in [0.3, 0.4) is 0 Å². The molecule has 3 aromatic carbocycles. The minimum atomic E-state index is 0.881. The first kappa shape index (κ1) is 14.1. The third kappa shape index (κ3) is 2.09. The summed E-state index contributed by atoms with van der Waals surface area (Å²) in [5.74, 6) is 0. The largest absolute Gasteiger partial charge is 0.447 e. The normalized spacial score (nSPS) is 11.4. The Morgan fingerprint density at radius 2 is 1.44 bits per heavy atom. The van der Waals surface area contributed by atoms with Gasteiger partial charge in [-0.05, 0) is 30.3 Å². The second-order valence-electron chi connectivity index (χ2n) is 6.22. The Bertz CT molecular complexity index is 1220. The second kappa shape index (κ2) is 5.35. The molecule has 0 spiro atoms. The van der Waals surface area contributed by atoms with Crippen LogP contribution in [-0.2, 0) is 7.05 Å². The minimum Gasteiger partial charge on any atom is -0.447 e. The van der Waals surface area contributed by atoms with Gasteiger partial charge >= 0.3 is 0 Å². The summed E-state index contributed by atoms with van der Waals surface area (Å²) in [4.78, 5) is 0. The van der Waals surface area contributed by atoms with Crippen LogP contribution in [-0.4, -0.2) is 0 Å². The average molecular weight is 325 g/mol. The predicted molar refractivity (Wildman–Crippen MR) is 102 cm³/mol. The van der Waals surface area contributed by atoms with Gasteiger partial charge in [-0.2, -0.15) is 4.57 Å². The molecule has 2 aromatic heterocycles. The third-order valence-corrected chi connectivity index (χ3v) is 4.71. The van der Waals surface area contributed by atoms with Gasteiger partial charge in [0.15, 0.2) is 0 Å². The lowest BCUT2D eigenvalue weighted by molar-refractivity contribution is -0.616. The fraction of sp³-hybridized carbons (Fsp3) is 0.0455. The first-order valence-electron chi connectivity index (χ1n) is 8.37. The molecule has 0 aliphatic rings. The van der Waals surface area contributed by atoms with Crippen molar-refractivity contribution in [2.45, 2.75) is 0 Å². The van der Waals surface area contributed by atoms with Crippen LogP contribution < -0.4 is 9.88 Å². The summed E-state index contributed by atoms with van der Waals surface area (Å²) >= 11 is 0. The average Bonchev–Trinajstić information content (AvgIpc) is 3.06. The minimum absolute atomic E-state index is 0.881. The van der Waals surface area contributed by atoms with Crippen molar-refractivity contribution in [1.82, 2.24) is 0 Å². The van der Waals surface area contributed by atoms with Crippen LogP contribution in [0.15, 0.2) is 83.3 Å². The molecule has 0 bridgehead atoms. The van der Waals surface area contributed by atoms with Crippen molar-refractivity contribution in [1.29, 1.82) is 0 Å². The Hall–Kier alpha value is -3.33. The van der Waals surface area contributed by atoms with Gasteiger partial charge in [-0.3, -0.25) is 0 Å². The molecular weight excluding hydrogens is 308 g/mol. The molecular formula is C22H17N2O+. The van der Waals surface area contributed by atoms with E-state index in [1.54, 1.807) is 0 Å². The Kier molecular flexibility index (Phi) is 3.01. The topological polar surface area (TPSA) is 29.1 Å². The highest BCUT2D eigenvalue weighted by Gasteiger charge is 2.24. The summed E-state index contributed by atoms with van der Waals surface area (Å²) in [6.45, 7) is 0. The van der Waals surface area contributed by atoms with Crippen LogP contribution in [0.5, 0.6) is 0 Å². The summed E-state index contributed by atoms with van der Waals surface area (Å²) < 4.78 is 8.48. The number of rotatable bonds is 2. The predicted octanol–water partition coefficient (Wildman–Crippen LogP) is 5.31. The lowest BCUT2D eigenvalue weighted by Crippen LogP contribution is -2.30. The molecule has 25 heavy (non-hydrogen) atoms. The number of furan rings is 1. The van der Waals surface area contributed by atoms with Gasteiger partial charge in [-0.25, -0.2) is 0 Å². The van der Waals surface area contributed by atoms with Crippen LogP contribution in [0.4, 0.5) is 11.4 Å². The fourth-order valence-electron chi connectivity index (χ4n) is 3.54. The van der Waals surface area contributed by atoms with Crippen LogP contribution >= 0.6 is 0 Å². The van der Waals surface area contributed by atoms with Gasteiger partial charge in [0, 0.05) is 11.8 Å². The lowest BCUT2D eigenvalue weighted by Gasteiger charge is -2.09. The molecule has 0 radical (unpaired) electrons. The van der Waals surface area contributed by atoms with Gasteiger partial charge in [0.05, 0.1) is 10.8 Å². The maximum atomic E-state index is 6.26. The highest BCUT2D eigenvalue weighted by Crippen LogP contribution is 2.37. The van der Waals surface area contributed by atoms with Gasteiger partial charge in [0.25, 0.3) is 5.52 Å². The number of benzene rings is 3. The van der Waals surface area contributed by atoms with E-state index < -0.39 is 0 Å². The first-order valence-corrected chi connectivity index (χ1v) is 8.37. The summed E-state index contributed by atoms with van der Waals surface area (Å²) in [7, 11) is 2.10. The number of pyridine rings is 1. The van der Waals surface area contributed by atoms with Crippen molar-refractivity contribution >= 4 is 44.3 Å². The maximum Gasteiger partial charge on any atom is 0.261 e. The molecule has 0 unspecified atom stereocenters. The van der Waals surface area contributed by atoms with E-state index in [0.717, 1.165) is 38.8 Å². The molecule has 0 saturated carbocycles. The quantitative estimate of drug-likeness (QED) is 0.446. The monoisotopic (exact) mass is 325 g/mol. The summed E-state index contributed by atoms with van der Waals surface area (Å²) in [5, 5.41) is 5.84. The number of anilines is 2. The molecule has 0 aliphatic heterocycles. The highest BCUT2D eigenvalue weighted by atomic mass is 16.3. The van der Waals surface area contributed by atoms with E-state index in [-0.39, 0.29) is 0 Å². The number of nitrogens with one attached hydrogen (secondary N) is 1. The summed E-state index contributed by atoms with van der Waals surface area (Å²) in [6.07, 6.45) is 0. The van der Waals surface area contributed by atoms with Gasteiger partial charge < -0.3 is 9.73 Å². The SMILES string of the molecule is C[n+]1c2ccccc2c(Nc2ccccc2)c2oc3ccccc3c21. The zero-order valence-electron chi connectivity index (χ0n) is 13.9. The van der Waals surface area contributed by atoms with Crippen molar-refractivity contribution in [2.24, 2.45) is 7.05 Å². The van der Waals surface area contributed by atoms with E-state index >= 15 is 0 Å². The fourth-order valence-corrected chi connectivity index (χ4v) is 3.54. The van der Waals surface area contributed by atoms with E-state index in [4.69, 9.17) is 4.42 Å². The van der Waals surface area contributed by atoms with E-state index in [9.17, 15) is 0 Å². The van der Waals surface area contributed by atoms with Crippen LogP contribution in [0.2, 0.25) is 0 Å². The van der Waals surface area contributed by atoms with E-state index in [1.165, 1.54) is 5.52 Å². The molecule has 3 nitrogen and oxygen atoms in total. The van der Waals surface area contributed by atoms with Crippen molar-refractivity contribution in [3.63, 3.8) is 0 Å². The molecule has 2 heterocycles. The number of nitrogens with zero attached hydrogens (tertiary/aromatic N) is 1. The number of aryl methyl sites for hydroxylation is 1. The summed E-state index contributed by atoms with van der Waals surface area (Å²) in [5.41, 5.74) is 6.10. The van der Waals surface area contributed by atoms with Crippen LogP contribution in [0.1, 0.15) is 0 Å². The molecule has 0 atom stereocenters. The van der Waals surface area contributed by atoms with E-state index in [2.05, 4.69) is 65.5 Å². The number of aromatic nitrogens is 1. The molecule has 5 aromatic rings. The van der Waals surface area contributed by atoms with Crippen LogP contribution in [0.25, 0.3) is 33.0 Å². The number of fused-ring (bicyclic) bond motifs is 4. The number of hydrogen-bond donors (Lipinski definition) is 1. The highest BCUT2D eigenvalue weighted by molar-refractivity contribution is 6.11. The molecule has 120 valence electrons. The standard InChI is InChI=1S/C22H16N2O/c1-24-18-13-7-5-11-16(18)20(23-15-9-3-2-4-10-15)22-21(24)17-12-6-8-14-19(17)25-22/h2-14H,1H3/p+1. The number of hydrogen-bond acceptors (Lipinski definition) is 2. The zero-order chi connectivity index (χ0) is 16.8. The number of para-hydroxylation sites is 3. The lowest BCUT2D eigenvalue weighted by atomic mass is 10.1. The van der Waals surface area contributed by atoms with Crippen molar-refractivity contribution < 1.29 is 8.98 Å². The maximum absolute atomic E-state index is 6.26. The van der Waals surface area contributed by atoms with Gasteiger partial charge in [0.1, 0.15) is 18.3 Å². The molecule has 5 rings (SSSR count). The van der Waals surface area contributed by atoms with Crippen molar-refractivity contribution in [3.8, 4) is 0 Å².